The Balaban J connectivity index is 2.18. The maximum atomic E-state index is 11.6. The number of carbonyl (C=O) groups excluding carboxylic acids is 2. The van der Waals surface area contributed by atoms with Crippen LogP contribution in [0, 0.1) is 0 Å². The van der Waals surface area contributed by atoms with Crippen LogP contribution in [-0.2, 0) is 6.54 Å². The molecule has 0 aliphatic rings. The minimum Gasteiger partial charge on any atom is -0.543 e. The lowest BCUT2D eigenvalue weighted by molar-refractivity contribution is -0.255. The maximum Gasteiger partial charge on any atom is 0.152 e. The lowest BCUT2D eigenvalue weighted by atomic mass is 10.1. The van der Waals surface area contributed by atoms with Crippen LogP contribution in [0.1, 0.15) is 32.0 Å². The summed E-state index contributed by atoms with van der Waals surface area (Å²) in [6.45, 7) is 4.05. The summed E-state index contributed by atoms with van der Waals surface area (Å²) in [5.41, 5.74) is 2.68. The standard InChI is InChI=1S/C19H15NO3/c1-2-13-7-9-14(10-8-13)11-20-17-6-4-3-5-15(17)16(12-21)18(20)19(22)23/h2-10,12H,1,11H2,(H,22,23)/p-1. The number of nitrogens with zero attached hydrogens (tertiary/aromatic N) is 1. The van der Waals surface area contributed by atoms with Crippen LogP contribution in [-0.4, -0.2) is 16.8 Å². The van der Waals surface area contributed by atoms with Crippen LogP contribution < -0.4 is 5.11 Å². The van der Waals surface area contributed by atoms with Crippen LogP contribution in [0.15, 0.2) is 55.1 Å². The summed E-state index contributed by atoms with van der Waals surface area (Å²) < 4.78 is 1.61. The van der Waals surface area contributed by atoms with E-state index < -0.39 is 5.97 Å². The van der Waals surface area contributed by atoms with Gasteiger partial charge < -0.3 is 14.5 Å². The van der Waals surface area contributed by atoms with Gasteiger partial charge in [0.1, 0.15) is 0 Å². The second-order valence-electron chi connectivity index (χ2n) is 5.22. The third-order valence-electron chi connectivity index (χ3n) is 3.88. The molecule has 4 nitrogen and oxygen atoms in total. The van der Waals surface area contributed by atoms with Crippen molar-refractivity contribution in [2.45, 2.75) is 6.54 Å². The average Bonchev–Trinajstić information content (AvgIpc) is 2.89. The molecule has 0 aliphatic carbocycles. The minimum atomic E-state index is -1.36. The number of fused-ring (bicyclic) bond motifs is 1. The van der Waals surface area contributed by atoms with Crippen molar-refractivity contribution in [3.05, 3.63) is 77.5 Å². The summed E-state index contributed by atoms with van der Waals surface area (Å²) in [4.78, 5) is 22.9. The van der Waals surface area contributed by atoms with Crippen molar-refractivity contribution in [1.82, 2.24) is 4.57 Å². The Kier molecular flexibility index (Phi) is 3.81. The van der Waals surface area contributed by atoms with Crippen LogP contribution in [0.2, 0.25) is 0 Å². The van der Waals surface area contributed by atoms with Crippen molar-refractivity contribution in [2.75, 3.05) is 0 Å². The quantitative estimate of drug-likeness (QED) is 0.680. The van der Waals surface area contributed by atoms with Gasteiger partial charge in [0.2, 0.25) is 0 Å². The molecule has 1 aromatic heterocycles. The molecule has 3 aromatic rings. The molecule has 0 atom stereocenters. The molecule has 0 saturated carbocycles. The Bertz CT molecular complexity index is 904. The fraction of sp³-hybridized carbons (Fsp3) is 0.0526. The number of benzene rings is 2. The second kappa shape index (κ2) is 5.93. The van der Waals surface area contributed by atoms with Gasteiger partial charge in [-0.3, -0.25) is 4.79 Å². The Hall–Kier alpha value is -3.14. The highest BCUT2D eigenvalue weighted by atomic mass is 16.4. The van der Waals surface area contributed by atoms with E-state index >= 15 is 0 Å². The topological polar surface area (TPSA) is 62.1 Å². The summed E-state index contributed by atoms with van der Waals surface area (Å²) in [5, 5.41) is 12.2. The molecule has 0 aliphatic heterocycles. The molecule has 0 spiro atoms. The second-order valence-corrected chi connectivity index (χ2v) is 5.22. The average molecular weight is 304 g/mol. The number of para-hydroxylation sites is 1. The van der Waals surface area contributed by atoms with Crippen molar-refractivity contribution in [3.8, 4) is 0 Å². The van der Waals surface area contributed by atoms with E-state index in [4.69, 9.17) is 0 Å². The number of rotatable bonds is 5. The first-order chi connectivity index (χ1) is 11.2. The predicted octanol–water partition coefficient (Wildman–Crippen LogP) is 2.51. The van der Waals surface area contributed by atoms with Gasteiger partial charge in [0, 0.05) is 23.0 Å². The molecule has 0 saturated heterocycles. The maximum absolute atomic E-state index is 11.6. The number of aromatic carboxylic acids is 1. The molecule has 0 bridgehead atoms. The van der Waals surface area contributed by atoms with Crippen molar-refractivity contribution >= 4 is 29.2 Å². The number of aromatic nitrogens is 1. The smallest absolute Gasteiger partial charge is 0.152 e. The molecule has 0 N–H and O–H groups in total. The van der Waals surface area contributed by atoms with Gasteiger partial charge in [-0.1, -0.05) is 55.1 Å². The van der Waals surface area contributed by atoms with Gasteiger partial charge in [0.25, 0.3) is 0 Å². The molecule has 0 unspecified atom stereocenters. The van der Waals surface area contributed by atoms with Gasteiger partial charge in [-0.25, -0.2) is 0 Å². The molecule has 0 amide bonds. The number of aldehydes is 1. The fourth-order valence-corrected chi connectivity index (χ4v) is 2.78. The first kappa shape index (κ1) is 14.8. The van der Waals surface area contributed by atoms with Crippen LogP contribution in [0.25, 0.3) is 17.0 Å². The highest BCUT2D eigenvalue weighted by molar-refractivity contribution is 6.07. The summed E-state index contributed by atoms with van der Waals surface area (Å²) in [5.74, 6) is -1.36. The number of hydrogen-bond donors (Lipinski definition) is 0. The minimum absolute atomic E-state index is 0.0889. The number of carbonyl (C=O) groups is 2. The molecule has 3 rings (SSSR count). The highest BCUT2D eigenvalue weighted by Crippen LogP contribution is 2.26. The Labute approximate surface area is 133 Å². The summed E-state index contributed by atoms with van der Waals surface area (Å²) in [6.07, 6.45) is 2.32. The molecule has 0 fully saturated rings. The van der Waals surface area contributed by atoms with E-state index in [1.807, 2.05) is 30.3 Å². The zero-order chi connectivity index (χ0) is 16.4. The summed E-state index contributed by atoms with van der Waals surface area (Å²) in [7, 11) is 0. The number of carboxylic acid groups (broad SMARTS) is 1. The van der Waals surface area contributed by atoms with E-state index in [0.717, 1.165) is 11.1 Å². The molecule has 23 heavy (non-hydrogen) atoms. The largest absolute Gasteiger partial charge is 0.543 e. The third kappa shape index (κ3) is 2.55. The van der Waals surface area contributed by atoms with E-state index in [1.54, 1.807) is 28.8 Å². The molecule has 4 heteroatoms. The Morgan fingerprint density at radius 1 is 1.13 bits per heavy atom. The monoisotopic (exact) mass is 304 g/mol. The van der Waals surface area contributed by atoms with Crippen molar-refractivity contribution in [2.24, 2.45) is 0 Å². The van der Waals surface area contributed by atoms with E-state index in [2.05, 4.69) is 6.58 Å². The molecule has 0 radical (unpaired) electrons. The predicted molar refractivity (Wildman–Crippen MR) is 87.3 cm³/mol. The van der Waals surface area contributed by atoms with Crippen molar-refractivity contribution in [3.63, 3.8) is 0 Å². The molecular formula is C19H14NO3-. The van der Waals surface area contributed by atoms with Gasteiger partial charge in [0.05, 0.1) is 11.7 Å². The first-order valence-corrected chi connectivity index (χ1v) is 7.15. The summed E-state index contributed by atoms with van der Waals surface area (Å²) in [6, 6.07) is 14.8. The van der Waals surface area contributed by atoms with Crippen LogP contribution in [0.4, 0.5) is 0 Å². The van der Waals surface area contributed by atoms with Crippen LogP contribution >= 0.6 is 0 Å². The van der Waals surface area contributed by atoms with Gasteiger partial charge in [-0.15, -0.1) is 0 Å². The Morgan fingerprint density at radius 3 is 2.43 bits per heavy atom. The zero-order valence-electron chi connectivity index (χ0n) is 12.4. The van der Waals surface area contributed by atoms with Crippen molar-refractivity contribution < 1.29 is 14.7 Å². The lowest BCUT2D eigenvalue weighted by Crippen LogP contribution is -2.27. The van der Waals surface area contributed by atoms with Gasteiger partial charge in [-0.05, 0) is 17.2 Å². The van der Waals surface area contributed by atoms with Gasteiger partial charge >= 0.3 is 0 Å². The van der Waals surface area contributed by atoms with Crippen LogP contribution in [0.3, 0.4) is 0 Å². The normalized spacial score (nSPS) is 10.6. The SMILES string of the molecule is C=Cc1ccc(Cn2c(C(=O)[O-])c(C=O)c3ccccc32)cc1. The van der Waals surface area contributed by atoms with E-state index in [9.17, 15) is 14.7 Å². The molecule has 1 heterocycles. The lowest BCUT2D eigenvalue weighted by Gasteiger charge is -2.12. The molecular weight excluding hydrogens is 290 g/mol. The first-order valence-electron chi connectivity index (χ1n) is 7.15. The number of hydrogen-bond acceptors (Lipinski definition) is 3. The van der Waals surface area contributed by atoms with E-state index in [1.165, 1.54) is 0 Å². The molecule has 114 valence electrons. The van der Waals surface area contributed by atoms with Crippen LogP contribution in [0.5, 0.6) is 0 Å². The summed E-state index contributed by atoms with van der Waals surface area (Å²) >= 11 is 0. The molecule has 2 aromatic carbocycles. The van der Waals surface area contributed by atoms with Gasteiger partial charge in [0.15, 0.2) is 6.29 Å². The van der Waals surface area contributed by atoms with E-state index in [-0.39, 0.29) is 11.3 Å². The van der Waals surface area contributed by atoms with Crippen molar-refractivity contribution in [1.29, 1.82) is 0 Å². The highest BCUT2D eigenvalue weighted by Gasteiger charge is 2.17. The zero-order valence-corrected chi connectivity index (χ0v) is 12.4. The third-order valence-corrected chi connectivity index (χ3v) is 3.88. The number of carboxylic acids is 1. The van der Waals surface area contributed by atoms with E-state index in [0.29, 0.717) is 23.7 Å². The van der Waals surface area contributed by atoms with Gasteiger partial charge in [-0.2, -0.15) is 0 Å². The fourth-order valence-electron chi connectivity index (χ4n) is 2.78. The Morgan fingerprint density at radius 2 is 1.83 bits per heavy atom.